The minimum absolute atomic E-state index is 0. The predicted molar refractivity (Wildman–Crippen MR) is 85.2 cm³/mol. The lowest BCUT2D eigenvalue weighted by atomic mass is 10.1. The Balaban J connectivity index is 0.00000144. The Hall–Kier alpha value is -0.550. The maximum Gasteiger partial charge on any atom is 0.0456 e. The van der Waals surface area contributed by atoms with Crippen molar-refractivity contribution < 1.29 is 0 Å². The van der Waals surface area contributed by atoms with Crippen LogP contribution in [-0.2, 0) is 6.42 Å². The summed E-state index contributed by atoms with van der Waals surface area (Å²) < 4.78 is 0. The van der Waals surface area contributed by atoms with Crippen molar-refractivity contribution in [3.8, 4) is 0 Å². The van der Waals surface area contributed by atoms with Crippen molar-refractivity contribution in [2.24, 2.45) is 0 Å². The van der Waals surface area contributed by atoms with Crippen LogP contribution in [-0.4, -0.2) is 29.5 Å². The lowest BCUT2D eigenvalue weighted by Gasteiger charge is -2.22. The molecule has 0 saturated heterocycles. The molecule has 0 saturated carbocycles. The van der Waals surface area contributed by atoms with E-state index >= 15 is 0 Å². The summed E-state index contributed by atoms with van der Waals surface area (Å²) in [5.41, 5.74) is 2.66. The smallest absolute Gasteiger partial charge is 0.0456 e. The van der Waals surface area contributed by atoms with Crippen molar-refractivity contribution in [3.05, 3.63) is 36.0 Å². The molecule has 0 spiro atoms. The first kappa shape index (κ1) is 14.5. The highest BCUT2D eigenvalue weighted by molar-refractivity contribution is 14.0. The number of fused-ring (bicyclic) bond motifs is 1. The maximum atomic E-state index is 3.33. The normalized spacial score (nSPS) is 12.7. The number of rotatable bonds is 4. The Labute approximate surface area is 120 Å². The molecule has 1 N–H and O–H groups in total. The highest BCUT2D eigenvalue weighted by Gasteiger charge is 2.10. The van der Waals surface area contributed by atoms with E-state index in [1.807, 2.05) is 0 Å². The minimum atomic E-state index is 0. The van der Waals surface area contributed by atoms with Crippen molar-refractivity contribution in [1.82, 2.24) is 9.88 Å². The summed E-state index contributed by atoms with van der Waals surface area (Å²) in [5.74, 6) is 0. The van der Waals surface area contributed by atoms with Crippen LogP contribution in [0.1, 0.15) is 19.4 Å². The summed E-state index contributed by atoms with van der Waals surface area (Å²) in [6.45, 7) is 5.58. The number of likely N-dealkylation sites (N-methyl/N-ethyl adjacent to an activating group) is 1. The number of H-pyrrole nitrogens is 1. The van der Waals surface area contributed by atoms with Crippen LogP contribution in [0.3, 0.4) is 0 Å². The third-order valence-corrected chi connectivity index (χ3v) is 3.44. The molecule has 2 rings (SSSR count). The molecule has 94 valence electrons. The molecule has 3 heteroatoms. The van der Waals surface area contributed by atoms with E-state index in [-0.39, 0.29) is 24.0 Å². The largest absolute Gasteiger partial charge is 0.361 e. The summed E-state index contributed by atoms with van der Waals surface area (Å²) in [4.78, 5) is 5.71. The van der Waals surface area contributed by atoms with Gasteiger partial charge in [-0.2, -0.15) is 0 Å². The molecular formula is C14H21IN2. The molecule has 2 nitrogen and oxygen atoms in total. The molecule has 1 atom stereocenters. The maximum absolute atomic E-state index is 3.33. The standard InChI is InChI=1S/C14H20N2.HI/c1-4-16(3)11(2)9-12-10-15-14-8-6-5-7-13(12)14;/h5-8,10-11,15H,4,9H2,1-3H3;1H. The molecule has 0 aliphatic carbocycles. The quantitative estimate of drug-likeness (QED) is 0.839. The van der Waals surface area contributed by atoms with Crippen LogP contribution in [0, 0.1) is 0 Å². The van der Waals surface area contributed by atoms with Crippen LogP contribution < -0.4 is 0 Å². The van der Waals surface area contributed by atoms with Gasteiger partial charge in [0.05, 0.1) is 0 Å². The number of para-hydroxylation sites is 1. The molecule has 1 aromatic heterocycles. The fourth-order valence-electron chi connectivity index (χ4n) is 2.09. The van der Waals surface area contributed by atoms with E-state index in [0.717, 1.165) is 13.0 Å². The van der Waals surface area contributed by atoms with E-state index < -0.39 is 0 Å². The number of benzene rings is 1. The average molecular weight is 344 g/mol. The van der Waals surface area contributed by atoms with Gasteiger partial charge < -0.3 is 9.88 Å². The Bertz CT molecular complexity index is 464. The van der Waals surface area contributed by atoms with Crippen LogP contribution >= 0.6 is 24.0 Å². The molecule has 0 fully saturated rings. The number of nitrogens with one attached hydrogen (secondary N) is 1. The van der Waals surface area contributed by atoms with Gasteiger partial charge in [0.25, 0.3) is 0 Å². The molecule has 0 aliphatic rings. The van der Waals surface area contributed by atoms with Gasteiger partial charge in [0.1, 0.15) is 0 Å². The van der Waals surface area contributed by atoms with E-state index in [0.29, 0.717) is 6.04 Å². The molecule has 0 bridgehead atoms. The second kappa shape index (κ2) is 6.40. The summed E-state index contributed by atoms with van der Waals surface area (Å²) >= 11 is 0. The highest BCUT2D eigenvalue weighted by Crippen LogP contribution is 2.19. The Morgan fingerprint density at radius 3 is 2.71 bits per heavy atom. The van der Waals surface area contributed by atoms with Gasteiger partial charge in [-0.05, 0) is 38.6 Å². The van der Waals surface area contributed by atoms with E-state index in [1.165, 1.54) is 16.5 Å². The van der Waals surface area contributed by atoms with Gasteiger partial charge in [-0.15, -0.1) is 24.0 Å². The van der Waals surface area contributed by atoms with Crippen molar-refractivity contribution >= 4 is 34.9 Å². The highest BCUT2D eigenvalue weighted by atomic mass is 127. The third-order valence-electron chi connectivity index (χ3n) is 3.44. The lowest BCUT2D eigenvalue weighted by molar-refractivity contribution is 0.270. The van der Waals surface area contributed by atoms with E-state index in [9.17, 15) is 0 Å². The van der Waals surface area contributed by atoms with E-state index in [1.54, 1.807) is 0 Å². The molecule has 2 aromatic rings. The fourth-order valence-corrected chi connectivity index (χ4v) is 2.09. The third kappa shape index (κ3) is 3.22. The number of aromatic nitrogens is 1. The summed E-state index contributed by atoms with van der Waals surface area (Å²) in [7, 11) is 2.18. The molecular weight excluding hydrogens is 323 g/mol. The first-order valence-corrected chi connectivity index (χ1v) is 5.97. The summed E-state index contributed by atoms with van der Waals surface area (Å²) in [6, 6.07) is 9.09. The number of nitrogens with zero attached hydrogens (tertiary/aromatic N) is 1. The van der Waals surface area contributed by atoms with Gasteiger partial charge in [-0.1, -0.05) is 25.1 Å². The van der Waals surface area contributed by atoms with Crippen LogP contribution in [0.25, 0.3) is 10.9 Å². The molecule has 1 unspecified atom stereocenters. The molecule has 0 radical (unpaired) electrons. The Kier molecular flexibility index (Phi) is 5.46. The molecule has 1 aromatic carbocycles. The number of hydrogen-bond donors (Lipinski definition) is 1. The summed E-state index contributed by atoms with van der Waals surface area (Å²) in [6.07, 6.45) is 3.25. The molecule has 17 heavy (non-hydrogen) atoms. The zero-order chi connectivity index (χ0) is 11.5. The average Bonchev–Trinajstić information content (AvgIpc) is 2.72. The van der Waals surface area contributed by atoms with Crippen LogP contribution in [0.2, 0.25) is 0 Å². The van der Waals surface area contributed by atoms with E-state index in [4.69, 9.17) is 0 Å². The van der Waals surface area contributed by atoms with Crippen molar-refractivity contribution in [1.29, 1.82) is 0 Å². The Morgan fingerprint density at radius 1 is 1.29 bits per heavy atom. The van der Waals surface area contributed by atoms with Gasteiger partial charge in [-0.25, -0.2) is 0 Å². The van der Waals surface area contributed by atoms with Gasteiger partial charge in [0.2, 0.25) is 0 Å². The van der Waals surface area contributed by atoms with Gasteiger partial charge in [-0.3, -0.25) is 0 Å². The SMILES string of the molecule is CCN(C)C(C)Cc1c[nH]c2ccccc12.I. The van der Waals surface area contributed by atoms with Crippen molar-refractivity contribution in [3.63, 3.8) is 0 Å². The van der Waals surface area contributed by atoms with Crippen molar-refractivity contribution in [2.45, 2.75) is 26.3 Å². The summed E-state index contributed by atoms with van der Waals surface area (Å²) in [5, 5.41) is 1.36. The monoisotopic (exact) mass is 344 g/mol. The molecule has 0 aliphatic heterocycles. The zero-order valence-electron chi connectivity index (χ0n) is 10.7. The number of aromatic amines is 1. The fraction of sp³-hybridized carbons (Fsp3) is 0.429. The lowest BCUT2D eigenvalue weighted by Crippen LogP contribution is -2.30. The zero-order valence-corrected chi connectivity index (χ0v) is 13.1. The Morgan fingerprint density at radius 2 is 2.00 bits per heavy atom. The van der Waals surface area contributed by atoms with Crippen LogP contribution in [0.4, 0.5) is 0 Å². The first-order valence-electron chi connectivity index (χ1n) is 5.97. The minimum Gasteiger partial charge on any atom is -0.361 e. The van der Waals surface area contributed by atoms with E-state index in [2.05, 4.69) is 61.2 Å². The van der Waals surface area contributed by atoms with Crippen LogP contribution in [0.5, 0.6) is 0 Å². The van der Waals surface area contributed by atoms with Gasteiger partial charge in [0, 0.05) is 23.1 Å². The number of halogens is 1. The second-order valence-corrected chi connectivity index (χ2v) is 4.49. The van der Waals surface area contributed by atoms with Gasteiger partial charge in [0.15, 0.2) is 0 Å². The first-order chi connectivity index (χ1) is 7.72. The van der Waals surface area contributed by atoms with Gasteiger partial charge >= 0.3 is 0 Å². The number of hydrogen-bond acceptors (Lipinski definition) is 1. The topological polar surface area (TPSA) is 19.0 Å². The molecule has 1 heterocycles. The van der Waals surface area contributed by atoms with Crippen molar-refractivity contribution in [2.75, 3.05) is 13.6 Å². The second-order valence-electron chi connectivity index (χ2n) is 4.49. The predicted octanol–water partition coefficient (Wildman–Crippen LogP) is 3.67. The molecule has 0 amide bonds. The van der Waals surface area contributed by atoms with Crippen LogP contribution in [0.15, 0.2) is 30.5 Å².